The standard InChI is InChI=1S/C30H34ClFN4O5/c1-18-14-26(40-17-25(33)20-8-7-11-34-27(20)35-29(38)41-30(2,3)4)22(16-23(18)31)21-15-19(9-10-24(21)32)28(37)36(5)12-13-39-6/h7-11,14-16,33H,12-13,17H2,1-6H3,(H,34,35,38). The van der Waals surface area contributed by atoms with Gasteiger partial charge in [0.1, 0.15) is 29.6 Å². The van der Waals surface area contributed by atoms with Gasteiger partial charge in [0.25, 0.3) is 5.91 Å². The number of carbonyl (C=O) groups excluding carboxylic acids is 2. The molecule has 0 fully saturated rings. The number of aromatic nitrogens is 1. The molecule has 0 unspecified atom stereocenters. The molecule has 2 amide bonds. The number of benzene rings is 2. The number of amides is 2. The third-order valence-electron chi connectivity index (χ3n) is 5.87. The van der Waals surface area contributed by atoms with Crippen molar-refractivity contribution in [2.75, 3.05) is 39.2 Å². The SMILES string of the molecule is COCCN(C)C(=O)c1ccc(F)c(-c2cc(Cl)c(C)cc2OCC(=N)c2cccnc2NC(=O)OC(C)(C)C)c1. The highest BCUT2D eigenvalue weighted by Gasteiger charge is 2.21. The minimum Gasteiger partial charge on any atom is -0.487 e. The molecule has 0 atom stereocenters. The smallest absolute Gasteiger partial charge is 0.413 e. The van der Waals surface area contributed by atoms with Crippen LogP contribution in [0.5, 0.6) is 5.75 Å². The Hall–Kier alpha value is -4.02. The van der Waals surface area contributed by atoms with Crippen LogP contribution in [0.4, 0.5) is 15.0 Å². The first kappa shape index (κ1) is 31.5. The van der Waals surface area contributed by atoms with Gasteiger partial charge in [0.2, 0.25) is 0 Å². The molecular weight excluding hydrogens is 551 g/mol. The Kier molecular flexibility index (Phi) is 10.4. The molecule has 2 N–H and O–H groups in total. The van der Waals surface area contributed by atoms with Crippen molar-refractivity contribution in [3.63, 3.8) is 0 Å². The molecule has 2 aromatic carbocycles. The minimum atomic E-state index is -0.713. The molecule has 0 saturated heterocycles. The van der Waals surface area contributed by atoms with E-state index in [0.29, 0.717) is 34.9 Å². The van der Waals surface area contributed by atoms with Gasteiger partial charge in [0.15, 0.2) is 0 Å². The first-order valence-corrected chi connectivity index (χ1v) is 13.2. The first-order chi connectivity index (χ1) is 19.3. The van der Waals surface area contributed by atoms with Gasteiger partial charge in [-0.2, -0.15) is 0 Å². The van der Waals surface area contributed by atoms with Crippen LogP contribution in [-0.4, -0.2) is 67.1 Å². The van der Waals surface area contributed by atoms with E-state index in [2.05, 4.69) is 10.3 Å². The van der Waals surface area contributed by atoms with Crippen molar-refractivity contribution in [3.8, 4) is 16.9 Å². The quantitative estimate of drug-likeness (QED) is 0.268. The van der Waals surface area contributed by atoms with Gasteiger partial charge >= 0.3 is 6.09 Å². The predicted molar refractivity (Wildman–Crippen MR) is 157 cm³/mol. The van der Waals surface area contributed by atoms with Gasteiger partial charge in [0.05, 0.1) is 12.3 Å². The number of hydrogen-bond donors (Lipinski definition) is 2. The molecule has 3 rings (SSSR count). The minimum absolute atomic E-state index is 0.00637. The van der Waals surface area contributed by atoms with Gasteiger partial charge in [-0.1, -0.05) is 11.6 Å². The molecule has 1 aromatic heterocycles. The zero-order chi connectivity index (χ0) is 30.3. The van der Waals surface area contributed by atoms with Crippen LogP contribution in [0.15, 0.2) is 48.7 Å². The lowest BCUT2D eigenvalue weighted by Gasteiger charge is -2.20. The lowest BCUT2D eigenvalue weighted by atomic mass is 9.99. The number of carbonyl (C=O) groups is 2. The van der Waals surface area contributed by atoms with Crippen molar-refractivity contribution in [3.05, 3.63) is 76.2 Å². The second-order valence-corrected chi connectivity index (χ2v) is 10.7. The van der Waals surface area contributed by atoms with E-state index in [4.69, 9.17) is 31.2 Å². The summed E-state index contributed by atoms with van der Waals surface area (Å²) in [4.78, 5) is 30.9. The molecule has 218 valence electrons. The van der Waals surface area contributed by atoms with E-state index < -0.39 is 17.5 Å². The molecule has 0 spiro atoms. The molecular formula is C30H34ClFN4O5. The van der Waals surface area contributed by atoms with Crippen molar-refractivity contribution in [2.45, 2.75) is 33.3 Å². The molecule has 9 nitrogen and oxygen atoms in total. The number of ether oxygens (including phenoxy) is 3. The molecule has 0 saturated carbocycles. The van der Waals surface area contributed by atoms with Crippen LogP contribution >= 0.6 is 11.6 Å². The Balaban J connectivity index is 1.89. The van der Waals surface area contributed by atoms with Gasteiger partial charge in [-0.15, -0.1) is 0 Å². The first-order valence-electron chi connectivity index (χ1n) is 12.8. The molecule has 0 aliphatic rings. The molecule has 3 aromatic rings. The van der Waals surface area contributed by atoms with Crippen LogP contribution in [0, 0.1) is 18.2 Å². The molecule has 0 radical (unpaired) electrons. The fourth-order valence-corrected chi connectivity index (χ4v) is 3.94. The number of aryl methyl sites for hydroxylation is 1. The largest absolute Gasteiger partial charge is 0.487 e. The van der Waals surface area contributed by atoms with Crippen LogP contribution in [0.3, 0.4) is 0 Å². The molecule has 0 aliphatic carbocycles. The molecule has 11 heteroatoms. The van der Waals surface area contributed by atoms with Gasteiger partial charge < -0.3 is 24.5 Å². The number of hydrogen-bond acceptors (Lipinski definition) is 7. The summed E-state index contributed by atoms with van der Waals surface area (Å²) in [6, 6.07) is 10.5. The average molecular weight is 585 g/mol. The Bertz CT molecular complexity index is 1440. The third kappa shape index (κ3) is 8.48. The van der Waals surface area contributed by atoms with E-state index >= 15 is 4.39 Å². The van der Waals surface area contributed by atoms with E-state index in [1.165, 1.54) is 29.3 Å². The zero-order valence-electron chi connectivity index (χ0n) is 23.9. The van der Waals surface area contributed by atoms with Gasteiger partial charge in [-0.05, 0) is 75.7 Å². The maximum Gasteiger partial charge on any atom is 0.413 e. The molecule has 1 heterocycles. The summed E-state index contributed by atoms with van der Waals surface area (Å²) in [5.41, 5.74) is 1.01. The van der Waals surface area contributed by atoms with Crippen molar-refractivity contribution >= 4 is 35.1 Å². The Morgan fingerprint density at radius 1 is 1.15 bits per heavy atom. The van der Waals surface area contributed by atoms with E-state index in [1.54, 1.807) is 66.1 Å². The maximum absolute atomic E-state index is 15.1. The Labute approximate surface area is 244 Å². The predicted octanol–water partition coefficient (Wildman–Crippen LogP) is 6.36. The number of pyridine rings is 1. The lowest BCUT2D eigenvalue weighted by molar-refractivity contribution is 0.0634. The third-order valence-corrected chi connectivity index (χ3v) is 6.27. The monoisotopic (exact) mass is 584 g/mol. The highest BCUT2D eigenvalue weighted by molar-refractivity contribution is 6.31. The topological polar surface area (TPSA) is 114 Å². The lowest BCUT2D eigenvalue weighted by Crippen LogP contribution is -2.30. The van der Waals surface area contributed by atoms with E-state index in [-0.39, 0.29) is 40.9 Å². The van der Waals surface area contributed by atoms with Gasteiger partial charge in [-0.3, -0.25) is 10.1 Å². The van der Waals surface area contributed by atoms with Gasteiger partial charge in [-0.25, -0.2) is 14.2 Å². The van der Waals surface area contributed by atoms with E-state index in [1.807, 2.05) is 0 Å². The molecule has 0 bridgehead atoms. The Morgan fingerprint density at radius 2 is 1.88 bits per heavy atom. The molecule has 41 heavy (non-hydrogen) atoms. The summed E-state index contributed by atoms with van der Waals surface area (Å²) in [6.45, 7) is 7.48. The van der Waals surface area contributed by atoms with Crippen LogP contribution < -0.4 is 10.1 Å². The average Bonchev–Trinajstić information content (AvgIpc) is 2.91. The Morgan fingerprint density at radius 3 is 2.56 bits per heavy atom. The van der Waals surface area contributed by atoms with Crippen LogP contribution in [-0.2, 0) is 9.47 Å². The molecule has 0 aliphatic heterocycles. The number of halogens is 2. The van der Waals surface area contributed by atoms with Crippen molar-refractivity contribution < 1.29 is 28.2 Å². The summed E-state index contributed by atoms with van der Waals surface area (Å²) < 4.78 is 31.5. The second kappa shape index (κ2) is 13.6. The number of likely N-dealkylation sites (N-methyl/N-ethyl adjacent to an activating group) is 1. The van der Waals surface area contributed by atoms with Crippen molar-refractivity contribution in [2.24, 2.45) is 0 Å². The summed E-state index contributed by atoms with van der Waals surface area (Å²) in [7, 11) is 3.18. The van der Waals surface area contributed by atoms with Crippen LogP contribution in [0.2, 0.25) is 5.02 Å². The second-order valence-electron chi connectivity index (χ2n) is 10.3. The van der Waals surface area contributed by atoms with Gasteiger partial charge in [0, 0.05) is 54.2 Å². The van der Waals surface area contributed by atoms with Crippen LogP contribution in [0.1, 0.15) is 42.3 Å². The highest BCUT2D eigenvalue weighted by Crippen LogP contribution is 2.37. The summed E-state index contributed by atoms with van der Waals surface area (Å²) >= 11 is 6.40. The highest BCUT2D eigenvalue weighted by atomic mass is 35.5. The number of methoxy groups -OCH3 is 1. The van der Waals surface area contributed by atoms with Crippen LogP contribution in [0.25, 0.3) is 11.1 Å². The number of rotatable bonds is 10. The fraction of sp³-hybridized carbons (Fsp3) is 0.333. The number of anilines is 1. The fourth-order valence-electron chi connectivity index (χ4n) is 3.78. The summed E-state index contributed by atoms with van der Waals surface area (Å²) in [6.07, 6.45) is 0.772. The summed E-state index contributed by atoms with van der Waals surface area (Å²) in [5.74, 6) is -0.472. The summed E-state index contributed by atoms with van der Waals surface area (Å²) in [5, 5.41) is 11.6. The number of nitrogens with one attached hydrogen (secondary N) is 2. The van der Waals surface area contributed by atoms with E-state index in [0.717, 1.165) is 0 Å². The van der Waals surface area contributed by atoms with Crippen molar-refractivity contribution in [1.82, 2.24) is 9.88 Å². The zero-order valence-corrected chi connectivity index (χ0v) is 24.7. The van der Waals surface area contributed by atoms with Crippen molar-refractivity contribution in [1.29, 1.82) is 5.41 Å². The normalized spacial score (nSPS) is 11.1. The maximum atomic E-state index is 15.1. The number of nitrogens with zero attached hydrogens (tertiary/aromatic N) is 2. The van der Waals surface area contributed by atoms with E-state index in [9.17, 15) is 9.59 Å².